The third kappa shape index (κ3) is 7.08. The molecule has 0 bridgehead atoms. The molecule has 0 aromatic heterocycles. The maximum atomic E-state index is 12.9. The van der Waals surface area contributed by atoms with E-state index in [-0.39, 0.29) is 35.8 Å². The highest BCUT2D eigenvalue weighted by Crippen LogP contribution is 2.35. The number of thioether (sulfide) groups is 1. The number of para-hydroxylation sites is 2. The molecule has 196 valence electrons. The van der Waals surface area contributed by atoms with E-state index in [0.717, 1.165) is 16.7 Å². The van der Waals surface area contributed by atoms with Crippen molar-refractivity contribution in [3.8, 4) is 17.2 Å². The largest absolute Gasteiger partial charge is 0.490 e. The average Bonchev–Trinajstić information content (AvgIpc) is 3.17. The monoisotopic (exact) mass is 552 g/mol. The number of amides is 3. The van der Waals surface area contributed by atoms with Gasteiger partial charge in [-0.2, -0.15) is 0 Å². The first-order chi connectivity index (χ1) is 18.4. The summed E-state index contributed by atoms with van der Waals surface area (Å²) in [6.45, 7) is 2.21. The lowest BCUT2D eigenvalue weighted by atomic mass is 10.2. The predicted octanol–water partition coefficient (Wildman–Crippen LogP) is 5.87. The number of nitrogens with one attached hydrogen (secondary N) is 1. The minimum Gasteiger partial charge on any atom is -0.490 e. The molecule has 1 aliphatic heterocycles. The van der Waals surface area contributed by atoms with Crippen molar-refractivity contribution in [2.45, 2.75) is 6.92 Å². The van der Waals surface area contributed by atoms with Crippen molar-refractivity contribution in [3.63, 3.8) is 0 Å². The van der Waals surface area contributed by atoms with Crippen LogP contribution in [-0.4, -0.2) is 48.3 Å². The number of carbonyl (C=O) groups excluding carboxylic acids is 3. The Kier molecular flexibility index (Phi) is 9.29. The van der Waals surface area contributed by atoms with Crippen molar-refractivity contribution >= 4 is 52.2 Å². The van der Waals surface area contributed by atoms with Gasteiger partial charge >= 0.3 is 0 Å². The van der Waals surface area contributed by atoms with E-state index in [0.29, 0.717) is 40.1 Å². The van der Waals surface area contributed by atoms with Crippen LogP contribution in [0.1, 0.15) is 12.5 Å². The Morgan fingerprint density at radius 1 is 0.947 bits per heavy atom. The van der Waals surface area contributed by atoms with Gasteiger partial charge in [-0.25, -0.2) is 0 Å². The summed E-state index contributed by atoms with van der Waals surface area (Å²) >= 11 is 6.94. The Labute approximate surface area is 229 Å². The molecule has 0 saturated carbocycles. The lowest BCUT2D eigenvalue weighted by Crippen LogP contribution is -2.32. The van der Waals surface area contributed by atoms with E-state index < -0.39 is 5.91 Å². The lowest BCUT2D eigenvalue weighted by Gasteiger charge is -2.14. The summed E-state index contributed by atoms with van der Waals surface area (Å²) in [7, 11) is 0. The Balaban J connectivity index is 1.38. The molecule has 3 amide bonds. The Morgan fingerprint density at radius 2 is 1.71 bits per heavy atom. The van der Waals surface area contributed by atoms with Crippen LogP contribution >= 0.6 is 23.4 Å². The molecule has 1 heterocycles. The van der Waals surface area contributed by atoms with Crippen molar-refractivity contribution in [3.05, 3.63) is 88.3 Å². The number of ether oxygens (including phenoxy) is 3. The molecule has 1 aliphatic rings. The number of imide groups is 1. The van der Waals surface area contributed by atoms with Crippen molar-refractivity contribution in [2.24, 2.45) is 0 Å². The second-order valence-electron chi connectivity index (χ2n) is 7.95. The summed E-state index contributed by atoms with van der Waals surface area (Å²) < 4.78 is 17.0. The standard InChI is InChI=1S/C28H25ClN2O6S/c1-2-35-24-16-19(12-13-23(24)37-18-26(32)30-20-8-4-3-5-9-20)17-25-27(33)31(28(34)38-25)14-15-36-22-11-7-6-10-21(22)29/h3-13,16-17H,2,14-15,18H2,1H3,(H,30,32)/b25-17-. The van der Waals surface area contributed by atoms with Crippen LogP contribution in [-0.2, 0) is 9.59 Å². The second kappa shape index (κ2) is 13.0. The number of nitrogens with zero attached hydrogens (tertiary/aromatic N) is 1. The smallest absolute Gasteiger partial charge is 0.293 e. The SMILES string of the molecule is CCOc1cc(/C=C2\SC(=O)N(CCOc3ccccc3Cl)C2=O)ccc1OCC(=O)Nc1ccccc1. The van der Waals surface area contributed by atoms with E-state index in [4.69, 9.17) is 25.8 Å². The minimum absolute atomic E-state index is 0.0925. The summed E-state index contributed by atoms with van der Waals surface area (Å²) in [6.07, 6.45) is 1.62. The molecule has 1 saturated heterocycles. The van der Waals surface area contributed by atoms with Crippen LogP contribution in [0.3, 0.4) is 0 Å². The summed E-state index contributed by atoms with van der Waals surface area (Å²) in [4.78, 5) is 39.0. The molecule has 0 atom stereocenters. The highest BCUT2D eigenvalue weighted by molar-refractivity contribution is 8.18. The van der Waals surface area contributed by atoms with Crippen LogP contribution in [0.2, 0.25) is 5.02 Å². The fourth-order valence-corrected chi connectivity index (χ4v) is 4.57. The van der Waals surface area contributed by atoms with E-state index in [9.17, 15) is 14.4 Å². The fourth-order valence-electron chi connectivity index (χ4n) is 3.52. The number of anilines is 1. The molecule has 3 aromatic carbocycles. The van der Waals surface area contributed by atoms with Crippen LogP contribution in [0.4, 0.5) is 10.5 Å². The number of carbonyl (C=O) groups is 3. The molecule has 0 spiro atoms. The highest BCUT2D eigenvalue weighted by atomic mass is 35.5. The van der Waals surface area contributed by atoms with Gasteiger partial charge < -0.3 is 19.5 Å². The third-order valence-electron chi connectivity index (χ3n) is 5.26. The Morgan fingerprint density at radius 3 is 2.47 bits per heavy atom. The van der Waals surface area contributed by atoms with E-state index in [1.807, 2.05) is 25.1 Å². The summed E-state index contributed by atoms with van der Waals surface area (Å²) in [5, 5.41) is 2.83. The van der Waals surface area contributed by atoms with Gasteiger partial charge in [0.25, 0.3) is 17.1 Å². The zero-order chi connectivity index (χ0) is 26.9. The first-order valence-electron chi connectivity index (χ1n) is 11.8. The summed E-state index contributed by atoms with van der Waals surface area (Å²) in [5.41, 5.74) is 1.32. The number of hydrogen-bond donors (Lipinski definition) is 1. The van der Waals surface area contributed by atoms with Crippen LogP contribution < -0.4 is 19.5 Å². The normalized spacial score (nSPS) is 14.1. The first kappa shape index (κ1) is 27.1. The number of hydrogen-bond acceptors (Lipinski definition) is 7. The molecule has 0 radical (unpaired) electrons. The predicted molar refractivity (Wildman–Crippen MR) is 148 cm³/mol. The Bertz CT molecular complexity index is 1350. The average molecular weight is 553 g/mol. The molecule has 0 unspecified atom stereocenters. The van der Waals surface area contributed by atoms with Crippen LogP contribution in [0.15, 0.2) is 77.7 Å². The maximum absolute atomic E-state index is 12.9. The molecule has 1 N–H and O–H groups in total. The zero-order valence-electron chi connectivity index (χ0n) is 20.5. The van der Waals surface area contributed by atoms with Gasteiger partial charge in [0.15, 0.2) is 18.1 Å². The van der Waals surface area contributed by atoms with E-state index in [1.54, 1.807) is 60.7 Å². The molecule has 1 fully saturated rings. The molecule has 0 aliphatic carbocycles. The topological polar surface area (TPSA) is 94.2 Å². The molecular weight excluding hydrogens is 528 g/mol. The van der Waals surface area contributed by atoms with Gasteiger partial charge in [0, 0.05) is 5.69 Å². The van der Waals surface area contributed by atoms with Gasteiger partial charge in [0.2, 0.25) is 0 Å². The third-order valence-corrected chi connectivity index (χ3v) is 6.48. The van der Waals surface area contributed by atoms with Crippen molar-refractivity contribution in [1.29, 1.82) is 0 Å². The second-order valence-corrected chi connectivity index (χ2v) is 9.35. The minimum atomic E-state index is -0.404. The molecule has 38 heavy (non-hydrogen) atoms. The van der Waals surface area contributed by atoms with Crippen molar-refractivity contribution in [1.82, 2.24) is 4.90 Å². The van der Waals surface area contributed by atoms with Crippen LogP contribution in [0.25, 0.3) is 6.08 Å². The van der Waals surface area contributed by atoms with Gasteiger partial charge in [0.05, 0.1) is 23.1 Å². The van der Waals surface area contributed by atoms with E-state index >= 15 is 0 Å². The van der Waals surface area contributed by atoms with Crippen LogP contribution in [0, 0.1) is 0 Å². The van der Waals surface area contributed by atoms with Gasteiger partial charge in [-0.1, -0.05) is 48.0 Å². The molecule has 3 aromatic rings. The van der Waals surface area contributed by atoms with Crippen LogP contribution in [0.5, 0.6) is 17.2 Å². The maximum Gasteiger partial charge on any atom is 0.293 e. The van der Waals surface area contributed by atoms with Crippen molar-refractivity contribution in [2.75, 3.05) is 31.7 Å². The molecule has 4 rings (SSSR count). The summed E-state index contributed by atoms with van der Waals surface area (Å²) in [6, 6.07) is 21.2. The van der Waals surface area contributed by atoms with Gasteiger partial charge in [-0.05, 0) is 66.7 Å². The summed E-state index contributed by atoms with van der Waals surface area (Å²) in [5.74, 6) is 0.576. The van der Waals surface area contributed by atoms with Crippen molar-refractivity contribution < 1.29 is 28.6 Å². The Hall–Kier alpha value is -3.95. The lowest BCUT2D eigenvalue weighted by molar-refractivity contribution is -0.123. The van der Waals surface area contributed by atoms with Gasteiger partial charge in [-0.3, -0.25) is 19.3 Å². The van der Waals surface area contributed by atoms with E-state index in [1.165, 1.54) is 0 Å². The first-order valence-corrected chi connectivity index (χ1v) is 13.0. The molecule has 8 nitrogen and oxygen atoms in total. The van der Waals surface area contributed by atoms with Gasteiger partial charge in [-0.15, -0.1) is 0 Å². The molecule has 10 heteroatoms. The van der Waals surface area contributed by atoms with E-state index in [2.05, 4.69) is 5.32 Å². The molecular formula is C28H25ClN2O6S. The highest BCUT2D eigenvalue weighted by Gasteiger charge is 2.34. The quantitative estimate of drug-likeness (QED) is 0.297. The fraction of sp³-hybridized carbons (Fsp3) is 0.179. The van der Waals surface area contributed by atoms with Gasteiger partial charge in [0.1, 0.15) is 12.4 Å². The number of benzene rings is 3. The number of halogens is 1. The zero-order valence-corrected chi connectivity index (χ0v) is 22.1. The number of rotatable bonds is 11.